The lowest BCUT2D eigenvalue weighted by molar-refractivity contribution is 0.607. The van der Waals surface area contributed by atoms with E-state index >= 15 is 0 Å². The summed E-state index contributed by atoms with van der Waals surface area (Å²) in [6.45, 7) is 2.00. The molecule has 0 spiro atoms. The van der Waals surface area contributed by atoms with Gasteiger partial charge in [-0.2, -0.15) is 0 Å². The highest BCUT2D eigenvalue weighted by atomic mass is 32.2. The lowest BCUT2D eigenvalue weighted by atomic mass is 10.1. The molecule has 1 aromatic heterocycles. The molecule has 3 rings (SSSR count). The lowest BCUT2D eigenvalue weighted by Crippen LogP contribution is -2.09. The third kappa shape index (κ3) is 4.64. The molecule has 3 aromatic rings. The van der Waals surface area contributed by atoms with Gasteiger partial charge in [-0.1, -0.05) is 24.3 Å². The Hall–Kier alpha value is -2.25. The Kier molecular flexibility index (Phi) is 4.87. The zero-order chi connectivity index (χ0) is 18.0. The van der Waals surface area contributed by atoms with E-state index in [2.05, 4.69) is 9.71 Å². The highest BCUT2D eigenvalue weighted by Gasteiger charge is 2.11. The molecule has 4 nitrogen and oxygen atoms in total. The molecule has 7 heteroatoms. The molecule has 25 heavy (non-hydrogen) atoms. The fourth-order valence-corrected chi connectivity index (χ4v) is 4.04. The Labute approximate surface area is 150 Å². The molecule has 0 aliphatic carbocycles. The molecule has 2 aromatic carbocycles. The van der Waals surface area contributed by atoms with Crippen LogP contribution >= 0.6 is 11.3 Å². The van der Waals surface area contributed by atoms with Crippen molar-refractivity contribution in [1.29, 1.82) is 0 Å². The molecule has 0 radical (unpaired) electrons. The van der Waals surface area contributed by atoms with Gasteiger partial charge in [0.25, 0.3) is 0 Å². The summed E-state index contributed by atoms with van der Waals surface area (Å²) in [6, 6.07) is 13.5. The maximum atomic E-state index is 13.0. The lowest BCUT2D eigenvalue weighted by Gasteiger charge is -2.05. The molecule has 0 atom stereocenters. The summed E-state index contributed by atoms with van der Waals surface area (Å²) < 4.78 is 38.0. The summed E-state index contributed by atoms with van der Waals surface area (Å²) in [4.78, 5) is 5.77. The summed E-state index contributed by atoms with van der Waals surface area (Å²) in [6.07, 6.45) is 1.77. The van der Waals surface area contributed by atoms with E-state index in [4.69, 9.17) is 0 Å². The highest BCUT2D eigenvalue weighted by molar-refractivity contribution is 7.92. The van der Waals surface area contributed by atoms with Crippen molar-refractivity contribution in [2.75, 3.05) is 11.0 Å². The minimum absolute atomic E-state index is 0.248. The van der Waals surface area contributed by atoms with Crippen LogP contribution in [0.25, 0.3) is 11.3 Å². The van der Waals surface area contributed by atoms with Crippen LogP contribution in [0.15, 0.2) is 48.5 Å². The molecule has 0 saturated carbocycles. The van der Waals surface area contributed by atoms with E-state index in [0.29, 0.717) is 12.1 Å². The SMILES string of the molecule is Cc1sc(Cc2ccc(F)cc2)nc1-c1ccc(NS(C)(=O)=O)cc1. The third-order valence-corrected chi connectivity index (χ3v) is 5.15. The first-order valence-corrected chi connectivity index (χ1v) is 10.3. The third-order valence-electron chi connectivity index (χ3n) is 3.57. The average Bonchev–Trinajstić information content (AvgIpc) is 2.89. The first-order valence-electron chi connectivity index (χ1n) is 7.59. The monoisotopic (exact) mass is 376 g/mol. The molecular formula is C18H17FN2O2S2. The number of halogens is 1. The zero-order valence-electron chi connectivity index (χ0n) is 13.8. The van der Waals surface area contributed by atoms with E-state index in [-0.39, 0.29) is 5.82 Å². The van der Waals surface area contributed by atoms with Crippen LogP contribution in [0, 0.1) is 12.7 Å². The zero-order valence-corrected chi connectivity index (χ0v) is 15.4. The summed E-state index contributed by atoms with van der Waals surface area (Å²) in [5.41, 5.74) is 3.34. The topological polar surface area (TPSA) is 59.1 Å². The van der Waals surface area contributed by atoms with Crippen molar-refractivity contribution in [3.63, 3.8) is 0 Å². The number of aromatic nitrogens is 1. The number of nitrogens with one attached hydrogen (secondary N) is 1. The second-order valence-corrected chi connectivity index (χ2v) is 8.80. The number of rotatable bonds is 5. The molecule has 0 bridgehead atoms. The Morgan fingerprint density at radius 1 is 1.08 bits per heavy atom. The van der Waals surface area contributed by atoms with Gasteiger partial charge < -0.3 is 0 Å². The van der Waals surface area contributed by atoms with Crippen LogP contribution in [0.4, 0.5) is 10.1 Å². The smallest absolute Gasteiger partial charge is 0.229 e. The molecular weight excluding hydrogens is 359 g/mol. The summed E-state index contributed by atoms with van der Waals surface area (Å²) >= 11 is 1.61. The van der Waals surface area contributed by atoms with E-state index in [0.717, 1.165) is 33.0 Å². The molecule has 0 fully saturated rings. The Bertz CT molecular complexity index is 979. The van der Waals surface area contributed by atoms with Crippen LogP contribution in [0.5, 0.6) is 0 Å². The summed E-state index contributed by atoms with van der Waals surface area (Å²) in [5.74, 6) is -0.248. The van der Waals surface area contributed by atoms with Gasteiger partial charge in [-0.3, -0.25) is 4.72 Å². The van der Waals surface area contributed by atoms with Gasteiger partial charge in [0.2, 0.25) is 10.0 Å². The molecule has 130 valence electrons. The van der Waals surface area contributed by atoms with E-state index in [9.17, 15) is 12.8 Å². The largest absolute Gasteiger partial charge is 0.284 e. The first-order chi connectivity index (χ1) is 11.8. The van der Waals surface area contributed by atoms with Crippen LogP contribution in [0.3, 0.4) is 0 Å². The standard InChI is InChI=1S/C18H17FN2O2S2/c1-12-18(14-5-9-16(10-6-14)21-25(2,22)23)20-17(24-12)11-13-3-7-15(19)8-4-13/h3-10,21H,11H2,1-2H3. The quantitative estimate of drug-likeness (QED) is 0.725. The van der Waals surface area contributed by atoms with Gasteiger partial charge in [0.05, 0.1) is 17.0 Å². The Morgan fingerprint density at radius 3 is 2.32 bits per heavy atom. The maximum Gasteiger partial charge on any atom is 0.229 e. The van der Waals surface area contributed by atoms with E-state index in [1.54, 1.807) is 35.6 Å². The van der Waals surface area contributed by atoms with Crippen molar-refractivity contribution >= 4 is 27.0 Å². The van der Waals surface area contributed by atoms with Gasteiger partial charge in [0.15, 0.2) is 0 Å². The van der Waals surface area contributed by atoms with Gasteiger partial charge in [0.1, 0.15) is 5.82 Å². The van der Waals surface area contributed by atoms with Crippen molar-refractivity contribution in [3.8, 4) is 11.3 Å². The highest BCUT2D eigenvalue weighted by Crippen LogP contribution is 2.29. The number of anilines is 1. The van der Waals surface area contributed by atoms with Crippen LogP contribution < -0.4 is 4.72 Å². The maximum absolute atomic E-state index is 13.0. The van der Waals surface area contributed by atoms with E-state index in [1.165, 1.54) is 12.1 Å². The molecule has 0 amide bonds. The number of nitrogens with zero attached hydrogens (tertiary/aromatic N) is 1. The fraction of sp³-hybridized carbons (Fsp3) is 0.167. The second kappa shape index (κ2) is 6.93. The van der Waals surface area contributed by atoms with Gasteiger partial charge in [-0.15, -0.1) is 11.3 Å². The minimum atomic E-state index is -3.29. The number of hydrogen-bond donors (Lipinski definition) is 1. The van der Waals surface area contributed by atoms with Crippen LogP contribution in [-0.2, 0) is 16.4 Å². The Morgan fingerprint density at radius 2 is 1.72 bits per heavy atom. The summed E-state index contributed by atoms with van der Waals surface area (Å²) in [7, 11) is -3.29. The van der Waals surface area contributed by atoms with Crippen molar-refractivity contribution in [2.45, 2.75) is 13.3 Å². The van der Waals surface area contributed by atoms with Gasteiger partial charge in [0, 0.05) is 22.5 Å². The minimum Gasteiger partial charge on any atom is -0.284 e. The average molecular weight is 376 g/mol. The van der Waals surface area contributed by atoms with Crippen LogP contribution in [0.1, 0.15) is 15.4 Å². The fourth-order valence-electron chi connectivity index (χ4n) is 2.48. The van der Waals surface area contributed by atoms with Crippen molar-refractivity contribution < 1.29 is 12.8 Å². The molecule has 1 N–H and O–H groups in total. The predicted octanol–water partition coefficient (Wildman–Crippen LogP) is 4.22. The van der Waals surface area contributed by atoms with Crippen LogP contribution in [0.2, 0.25) is 0 Å². The molecule has 0 aliphatic rings. The van der Waals surface area contributed by atoms with E-state index < -0.39 is 10.0 Å². The molecule has 0 aliphatic heterocycles. The predicted molar refractivity (Wildman–Crippen MR) is 100.0 cm³/mol. The van der Waals surface area contributed by atoms with Gasteiger partial charge in [-0.05, 0) is 36.8 Å². The van der Waals surface area contributed by atoms with Gasteiger partial charge in [-0.25, -0.2) is 17.8 Å². The van der Waals surface area contributed by atoms with Crippen molar-refractivity contribution in [3.05, 3.63) is 69.8 Å². The number of hydrogen-bond acceptors (Lipinski definition) is 4. The summed E-state index contributed by atoms with van der Waals surface area (Å²) in [5, 5.41) is 0.956. The normalized spacial score (nSPS) is 11.5. The molecule has 1 heterocycles. The molecule has 0 saturated heterocycles. The van der Waals surface area contributed by atoms with Crippen molar-refractivity contribution in [1.82, 2.24) is 4.98 Å². The van der Waals surface area contributed by atoms with E-state index in [1.807, 2.05) is 19.1 Å². The number of benzene rings is 2. The number of sulfonamides is 1. The van der Waals surface area contributed by atoms with Crippen molar-refractivity contribution in [2.24, 2.45) is 0 Å². The molecule has 0 unspecified atom stereocenters. The van der Waals surface area contributed by atoms with Gasteiger partial charge >= 0.3 is 0 Å². The number of thiazole rings is 1. The second-order valence-electron chi connectivity index (χ2n) is 5.77. The first kappa shape index (κ1) is 17.6. The Balaban J connectivity index is 1.81. The van der Waals surface area contributed by atoms with Crippen LogP contribution in [-0.4, -0.2) is 19.7 Å². The number of aryl methyl sites for hydroxylation is 1.